The molecule has 1 atom stereocenters. The van der Waals surface area contributed by atoms with Crippen LogP contribution < -0.4 is 0 Å². The molecule has 0 aliphatic carbocycles. The Morgan fingerprint density at radius 2 is 1.89 bits per heavy atom. The molecule has 1 nitrogen and oxygen atoms in total. The Kier molecular flexibility index (Phi) is 4.44. The molecule has 18 heavy (non-hydrogen) atoms. The minimum Gasteiger partial charge on any atom is -0.388 e. The Labute approximate surface area is 121 Å². The van der Waals surface area contributed by atoms with Crippen molar-refractivity contribution in [3.05, 3.63) is 68.7 Å². The Morgan fingerprint density at radius 3 is 2.61 bits per heavy atom. The van der Waals surface area contributed by atoms with Crippen LogP contribution in [0.2, 0.25) is 5.02 Å². The Morgan fingerprint density at radius 1 is 1.17 bits per heavy atom. The third-order valence-corrected chi connectivity index (χ3v) is 4.22. The summed E-state index contributed by atoms with van der Waals surface area (Å²) in [6, 6.07) is 13.5. The number of rotatable bonds is 3. The fourth-order valence-electron chi connectivity index (χ4n) is 1.97. The van der Waals surface area contributed by atoms with Gasteiger partial charge in [0, 0.05) is 15.9 Å². The van der Waals surface area contributed by atoms with Crippen molar-refractivity contribution in [3.8, 4) is 0 Å². The van der Waals surface area contributed by atoms with Crippen LogP contribution in [0.15, 0.2) is 46.9 Å². The fraction of sp³-hybridized carbons (Fsp3) is 0.200. The number of benzene rings is 2. The van der Waals surface area contributed by atoms with E-state index in [9.17, 15) is 5.11 Å². The molecule has 0 aliphatic rings. The average Bonchev–Trinajstić information content (AvgIpc) is 2.35. The quantitative estimate of drug-likeness (QED) is 0.868. The number of aliphatic hydroxyl groups is 1. The molecule has 2 aromatic carbocycles. The van der Waals surface area contributed by atoms with Crippen LogP contribution in [0.25, 0.3) is 0 Å². The van der Waals surface area contributed by atoms with Crippen molar-refractivity contribution in [3.63, 3.8) is 0 Å². The molecule has 0 fully saturated rings. The van der Waals surface area contributed by atoms with Gasteiger partial charge in [-0.2, -0.15) is 0 Å². The lowest BCUT2D eigenvalue weighted by molar-refractivity contribution is 0.177. The van der Waals surface area contributed by atoms with E-state index in [0.717, 1.165) is 21.2 Å². The monoisotopic (exact) mass is 324 g/mol. The average molecular weight is 326 g/mol. The van der Waals surface area contributed by atoms with E-state index in [1.165, 1.54) is 0 Å². The van der Waals surface area contributed by atoms with Gasteiger partial charge in [0.25, 0.3) is 0 Å². The van der Waals surface area contributed by atoms with Gasteiger partial charge in [0.2, 0.25) is 0 Å². The molecule has 0 spiro atoms. The second-order valence-corrected chi connectivity index (χ2v) is 5.53. The molecule has 2 rings (SSSR count). The minimum atomic E-state index is -0.539. The maximum Gasteiger partial charge on any atom is 0.0833 e. The first-order chi connectivity index (χ1) is 8.59. The highest BCUT2D eigenvalue weighted by molar-refractivity contribution is 9.10. The zero-order valence-corrected chi connectivity index (χ0v) is 12.4. The van der Waals surface area contributed by atoms with Crippen LogP contribution in [-0.2, 0) is 6.42 Å². The molecule has 0 aromatic heterocycles. The zero-order chi connectivity index (χ0) is 13.1. The van der Waals surface area contributed by atoms with Crippen molar-refractivity contribution in [2.75, 3.05) is 0 Å². The predicted molar refractivity (Wildman–Crippen MR) is 79.0 cm³/mol. The van der Waals surface area contributed by atoms with Crippen LogP contribution in [0.3, 0.4) is 0 Å². The molecule has 2 aromatic rings. The van der Waals surface area contributed by atoms with Gasteiger partial charge in [0.1, 0.15) is 0 Å². The summed E-state index contributed by atoms with van der Waals surface area (Å²) in [5, 5.41) is 11.0. The smallest absolute Gasteiger partial charge is 0.0833 e. The molecule has 0 heterocycles. The summed E-state index contributed by atoms with van der Waals surface area (Å²) < 4.78 is 1.02. The summed E-state index contributed by atoms with van der Waals surface area (Å²) in [7, 11) is 0. The predicted octanol–water partition coefficient (Wildman–Crippen LogP) is 4.69. The van der Waals surface area contributed by atoms with E-state index in [4.69, 9.17) is 11.6 Å². The Balaban J connectivity index is 2.25. The van der Waals surface area contributed by atoms with Crippen molar-refractivity contribution in [2.45, 2.75) is 19.4 Å². The molecule has 0 saturated carbocycles. The van der Waals surface area contributed by atoms with E-state index >= 15 is 0 Å². The molecular weight excluding hydrogens is 312 g/mol. The summed E-state index contributed by atoms with van der Waals surface area (Å²) >= 11 is 9.56. The second kappa shape index (κ2) is 5.87. The molecular formula is C15H14BrClO. The number of aliphatic hydroxyl groups excluding tert-OH is 1. The van der Waals surface area contributed by atoms with Crippen LogP contribution in [0.4, 0.5) is 0 Å². The van der Waals surface area contributed by atoms with E-state index < -0.39 is 6.10 Å². The molecule has 0 bridgehead atoms. The zero-order valence-electron chi connectivity index (χ0n) is 10.0. The summed E-state index contributed by atoms with van der Waals surface area (Å²) in [5.74, 6) is 0. The fourth-order valence-corrected chi connectivity index (χ4v) is 2.60. The van der Waals surface area contributed by atoms with Crippen LogP contribution in [0, 0.1) is 6.92 Å². The normalized spacial score (nSPS) is 12.4. The lowest BCUT2D eigenvalue weighted by Gasteiger charge is -2.15. The van der Waals surface area contributed by atoms with E-state index in [2.05, 4.69) is 15.9 Å². The lowest BCUT2D eigenvalue weighted by Crippen LogP contribution is -2.04. The number of hydrogen-bond acceptors (Lipinski definition) is 1. The third kappa shape index (κ3) is 2.94. The highest BCUT2D eigenvalue weighted by Gasteiger charge is 2.13. The largest absolute Gasteiger partial charge is 0.388 e. The molecule has 0 aliphatic heterocycles. The summed E-state index contributed by atoms with van der Waals surface area (Å²) in [4.78, 5) is 0. The van der Waals surface area contributed by atoms with Gasteiger partial charge in [-0.05, 0) is 35.7 Å². The topological polar surface area (TPSA) is 20.2 Å². The molecule has 0 saturated heterocycles. The van der Waals surface area contributed by atoms with E-state index in [1.54, 1.807) is 0 Å². The van der Waals surface area contributed by atoms with Crippen molar-refractivity contribution in [1.29, 1.82) is 0 Å². The first-order valence-electron chi connectivity index (χ1n) is 5.76. The van der Waals surface area contributed by atoms with Gasteiger partial charge in [0.05, 0.1) is 6.10 Å². The summed E-state index contributed by atoms with van der Waals surface area (Å²) in [5.41, 5.74) is 2.92. The van der Waals surface area contributed by atoms with Crippen molar-refractivity contribution in [1.82, 2.24) is 0 Å². The van der Waals surface area contributed by atoms with E-state index in [0.29, 0.717) is 11.4 Å². The van der Waals surface area contributed by atoms with Crippen molar-refractivity contribution in [2.24, 2.45) is 0 Å². The van der Waals surface area contributed by atoms with E-state index in [-0.39, 0.29) is 0 Å². The minimum absolute atomic E-state index is 0.539. The Hall–Kier alpha value is -0.830. The molecule has 0 amide bonds. The third-order valence-electron chi connectivity index (χ3n) is 3.04. The maximum absolute atomic E-state index is 10.3. The van der Waals surface area contributed by atoms with Gasteiger partial charge >= 0.3 is 0 Å². The van der Waals surface area contributed by atoms with Crippen LogP contribution in [-0.4, -0.2) is 5.11 Å². The highest BCUT2D eigenvalue weighted by atomic mass is 79.9. The van der Waals surface area contributed by atoms with Gasteiger partial charge in [0.15, 0.2) is 0 Å². The van der Waals surface area contributed by atoms with Crippen molar-refractivity contribution >= 4 is 27.5 Å². The SMILES string of the molecule is Cc1c(Cl)cccc1C(O)Cc1ccccc1Br. The molecule has 1 N–H and O–H groups in total. The first-order valence-corrected chi connectivity index (χ1v) is 6.93. The molecule has 1 unspecified atom stereocenters. The molecule has 94 valence electrons. The van der Waals surface area contributed by atoms with Crippen molar-refractivity contribution < 1.29 is 5.11 Å². The molecule has 0 radical (unpaired) electrons. The highest BCUT2D eigenvalue weighted by Crippen LogP contribution is 2.28. The van der Waals surface area contributed by atoms with Gasteiger partial charge in [-0.3, -0.25) is 0 Å². The van der Waals surface area contributed by atoms with Crippen LogP contribution in [0.5, 0.6) is 0 Å². The van der Waals surface area contributed by atoms with Gasteiger partial charge in [-0.25, -0.2) is 0 Å². The van der Waals surface area contributed by atoms with Gasteiger partial charge < -0.3 is 5.11 Å². The lowest BCUT2D eigenvalue weighted by atomic mass is 9.98. The summed E-state index contributed by atoms with van der Waals surface area (Å²) in [6.45, 7) is 1.93. The van der Waals surface area contributed by atoms with E-state index in [1.807, 2.05) is 49.4 Å². The number of halogens is 2. The van der Waals surface area contributed by atoms with Crippen LogP contribution >= 0.6 is 27.5 Å². The van der Waals surface area contributed by atoms with Gasteiger partial charge in [-0.1, -0.05) is 57.9 Å². The maximum atomic E-state index is 10.3. The second-order valence-electron chi connectivity index (χ2n) is 4.27. The summed E-state index contributed by atoms with van der Waals surface area (Å²) in [6.07, 6.45) is 0.0326. The Bertz CT molecular complexity index is 554. The number of hydrogen-bond donors (Lipinski definition) is 1. The standard InChI is InChI=1S/C15H14BrClO/c1-10-12(6-4-8-14(10)17)15(18)9-11-5-2-3-7-13(11)16/h2-8,15,18H,9H2,1H3. The van der Waals surface area contributed by atoms with Gasteiger partial charge in [-0.15, -0.1) is 0 Å². The molecule has 3 heteroatoms. The first kappa shape index (κ1) is 13.6. The van der Waals surface area contributed by atoms with Crippen LogP contribution in [0.1, 0.15) is 22.8 Å².